The quantitative estimate of drug-likeness (QED) is 0.683. The first-order valence-electron chi connectivity index (χ1n) is 7.74. The molecule has 0 saturated heterocycles. The predicted molar refractivity (Wildman–Crippen MR) is 83.6 cm³/mol. The van der Waals surface area contributed by atoms with Crippen LogP contribution in [0, 0.1) is 5.92 Å². The smallest absolute Gasteiger partial charge is 0.239 e. The molecule has 4 heteroatoms. The summed E-state index contributed by atoms with van der Waals surface area (Å²) in [6.07, 6.45) is 6.21. The Bertz CT molecular complexity index is 398. The molecule has 2 N–H and O–H groups in total. The van der Waals surface area contributed by atoms with Gasteiger partial charge in [0.15, 0.2) is 0 Å². The molecule has 0 aliphatic heterocycles. The van der Waals surface area contributed by atoms with Crippen LogP contribution in [0.25, 0.3) is 0 Å². The van der Waals surface area contributed by atoms with E-state index in [1.165, 1.54) is 5.56 Å². The highest BCUT2D eigenvalue weighted by Crippen LogP contribution is 2.21. The van der Waals surface area contributed by atoms with Crippen molar-refractivity contribution < 1.29 is 4.79 Å². The molecule has 1 rings (SSSR count). The fraction of sp³-hybridized carbons (Fsp3) is 0.688. The molecule has 0 saturated carbocycles. The summed E-state index contributed by atoms with van der Waals surface area (Å²) in [6, 6.07) is 2.46. The minimum absolute atomic E-state index is 0.0881. The van der Waals surface area contributed by atoms with E-state index < -0.39 is 0 Å². The van der Waals surface area contributed by atoms with Crippen LogP contribution >= 0.6 is 0 Å². The van der Waals surface area contributed by atoms with Gasteiger partial charge in [0.2, 0.25) is 5.91 Å². The average molecular weight is 279 g/mol. The Morgan fingerprint density at radius 3 is 2.70 bits per heavy atom. The van der Waals surface area contributed by atoms with Gasteiger partial charge in [0.25, 0.3) is 0 Å². The fourth-order valence-corrected chi connectivity index (χ4v) is 2.33. The SMILES string of the molecule is CCCCNC(=O)Cn1ccc(C(NCC)C(C)C)c1. The van der Waals surface area contributed by atoms with Crippen LogP contribution in [0.15, 0.2) is 18.5 Å². The minimum Gasteiger partial charge on any atom is -0.355 e. The lowest BCUT2D eigenvalue weighted by molar-refractivity contribution is -0.121. The number of unbranched alkanes of at least 4 members (excludes halogenated alkanes) is 1. The van der Waals surface area contributed by atoms with Crippen molar-refractivity contribution in [1.82, 2.24) is 15.2 Å². The van der Waals surface area contributed by atoms with Crippen LogP contribution in [0.4, 0.5) is 0 Å². The summed E-state index contributed by atoms with van der Waals surface area (Å²) < 4.78 is 1.96. The lowest BCUT2D eigenvalue weighted by Crippen LogP contribution is -2.28. The number of hydrogen-bond donors (Lipinski definition) is 2. The van der Waals surface area contributed by atoms with Gasteiger partial charge < -0.3 is 15.2 Å². The topological polar surface area (TPSA) is 46.1 Å². The predicted octanol–water partition coefficient (Wildman–Crippen LogP) is 2.71. The highest BCUT2D eigenvalue weighted by atomic mass is 16.1. The first-order valence-corrected chi connectivity index (χ1v) is 7.74. The van der Waals surface area contributed by atoms with Crippen LogP contribution in [0.3, 0.4) is 0 Å². The average Bonchev–Trinajstić information content (AvgIpc) is 2.84. The van der Waals surface area contributed by atoms with E-state index in [2.05, 4.69) is 50.6 Å². The third-order valence-corrected chi connectivity index (χ3v) is 3.40. The maximum atomic E-state index is 11.8. The number of carbonyl (C=O) groups is 1. The van der Waals surface area contributed by atoms with Gasteiger partial charge in [-0.1, -0.05) is 34.1 Å². The molecule has 0 aromatic carbocycles. The van der Waals surface area contributed by atoms with Gasteiger partial charge >= 0.3 is 0 Å². The lowest BCUT2D eigenvalue weighted by Gasteiger charge is -2.20. The van der Waals surface area contributed by atoms with E-state index in [1.54, 1.807) is 0 Å². The van der Waals surface area contributed by atoms with E-state index in [9.17, 15) is 4.79 Å². The largest absolute Gasteiger partial charge is 0.355 e. The van der Waals surface area contributed by atoms with Gasteiger partial charge in [0.05, 0.1) is 0 Å². The molecular formula is C16H29N3O. The molecule has 20 heavy (non-hydrogen) atoms. The molecule has 0 radical (unpaired) electrons. The van der Waals surface area contributed by atoms with Crippen molar-refractivity contribution in [2.24, 2.45) is 5.92 Å². The summed E-state index contributed by atoms with van der Waals surface area (Å²) in [5.74, 6) is 0.620. The second-order valence-electron chi connectivity index (χ2n) is 5.60. The van der Waals surface area contributed by atoms with E-state index in [-0.39, 0.29) is 5.91 Å². The summed E-state index contributed by atoms with van der Waals surface area (Å²) >= 11 is 0. The van der Waals surface area contributed by atoms with Gasteiger partial charge in [-0.2, -0.15) is 0 Å². The first-order chi connectivity index (χ1) is 9.58. The summed E-state index contributed by atoms with van der Waals surface area (Å²) in [5, 5.41) is 6.44. The highest BCUT2D eigenvalue weighted by molar-refractivity contribution is 5.75. The van der Waals surface area contributed by atoms with Gasteiger partial charge in [-0.15, -0.1) is 0 Å². The number of carbonyl (C=O) groups excluding carboxylic acids is 1. The van der Waals surface area contributed by atoms with E-state index >= 15 is 0 Å². The maximum Gasteiger partial charge on any atom is 0.239 e. The van der Waals surface area contributed by atoms with Gasteiger partial charge in [-0.25, -0.2) is 0 Å². The highest BCUT2D eigenvalue weighted by Gasteiger charge is 2.15. The Hall–Kier alpha value is -1.29. The Morgan fingerprint density at radius 1 is 1.35 bits per heavy atom. The van der Waals surface area contributed by atoms with Gasteiger partial charge in [0, 0.05) is 25.0 Å². The van der Waals surface area contributed by atoms with Gasteiger partial charge in [0.1, 0.15) is 6.54 Å². The third-order valence-electron chi connectivity index (χ3n) is 3.40. The molecule has 0 aliphatic rings. The molecule has 1 aromatic heterocycles. The molecule has 1 atom stereocenters. The molecule has 0 aliphatic carbocycles. The molecule has 1 heterocycles. The zero-order valence-electron chi connectivity index (χ0n) is 13.3. The number of nitrogens with one attached hydrogen (secondary N) is 2. The number of hydrogen-bond acceptors (Lipinski definition) is 2. The maximum absolute atomic E-state index is 11.8. The van der Waals surface area contributed by atoms with Crippen molar-refractivity contribution in [2.75, 3.05) is 13.1 Å². The standard InChI is InChI=1S/C16H29N3O/c1-5-7-9-18-15(20)12-19-10-8-14(11-19)16(13(3)4)17-6-2/h8,10-11,13,16-17H,5-7,9,12H2,1-4H3,(H,18,20). The van der Waals surface area contributed by atoms with Gasteiger partial charge in [-0.05, 0) is 30.5 Å². The Balaban J connectivity index is 2.55. The number of aromatic nitrogens is 1. The molecule has 0 fully saturated rings. The molecule has 1 aromatic rings. The van der Waals surface area contributed by atoms with E-state index in [0.29, 0.717) is 18.5 Å². The summed E-state index contributed by atoms with van der Waals surface area (Å²) in [4.78, 5) is 11.8. The third kappa shape index (κ3) is 5.37. The van der Waals surface area contributed by atoms with Crippen molar-refractivity contribution in [3.05, 3.63) is 24.0 Å². The number of nitrogens with zero attached hydrogens (tertiary/aromatic N) is 1. The molecule has 114 valence electrons. The van der Waals surface area contributed by atoms with Crippen LogP contribution in [-0.2, 0) is 11.3 Å². The summed E-state index contributed by atoms with van der Waals surface area (Å²) in [7, 11) is 0. The zero-order chi connectivity index (χ0) is 15.0. The molecular weight excluding hydrogens is 250 g/mol. The van der Waals surface area contributed by atoms with Gasteiger partial charge in [-0.3, -0.25) is 4.79 Å². The van der Waals surface area contributed by atoms with Crippen molar-refractivity contribution in [3.8, 4) is 0 Å². The van der Waals surface area contributed by atoms with E-state index in [0.717, 1.165) is 25.9 Å². The molecule has 1 unspecified atom stereocenters. The Labute approximate surface area is 122 Å². The summed E-state index contributed by atoms with van der Waals surface area (Å²) in [6.45, 7) is 10.8. The second kappa shape index (κ2) is 8.80. The fourth-order valence-electron chi connectivity index (χ4n) is 2.33. The monoisotopic (exact) mass is 279 g/mol. The van der Waals surface area contributed by atoms with Crippen molar-refractivity contribution in [3.63, 3.8) is 0 Å². The Kier molecular flexibility index (Phi) is 7.37. The van der Waals surface area contributed by atoms with Crippen LogP contribution in [0.1, 0.15) is 52.1 Å². The van der Waals surface area contributed by atoms with Crippen molar-refractivity contribution in [1.29, 1.82) is 0 Å². The molecule has 1 amide bonds. The molecule has 4 nitrogen and oxygen atoms in total. The Morgan fingerprint density at radius 2 is 2.10 bits per heavy atom. The number of rotatable bonds is 9. The van der Waals surface area contributed by atoms with Crippen LogP contribution in [0.5, 0.6) is 0 Å². The number of amides is 1. The first kappa shape index (κ1) is 16.8. The van der Waals surface area contributed by atoms with Crippen LogP contribution < -0.4 is 10.6 Å². The normalized spacial score (nSPS) is 12.7. The molecule has 0 bridgehead atoms. The van der Waals surface area contributed by atoms with E-state index in [4.69, 9.17) is 0 Å². The van der Waals surface area contributed by atoms with Crippen molar-refractivity contribution >= 4 is 5.91 Å². The summed E-state index contributed by atoms with van der Waals surface area (Å²) in [5.41, 5.74) is 1.25. The molecule has 0 spiro atoms. The lowest BCUT2D eigenvalue weighted by atomic mass is 9.98. The second-order valence-corrected chi connectivity index (χ2v) is 5.60. The van der Waals surface area contributed by atoms with Crippen molar-refractivity contribution in [2.45, 2.75) is 53.1 Å². The van der Waals surface area contributed by atoms with Crippen LogP contribution in [-0.4, -0.2) is 23.6 Å². The van der Waals surface area contributed by atoms with E-state index in [1.807, 2.05) is 10.8 Å². The zero-order valence-corrected chi connectivity index (χ0v) is 13.3. The van der Waals surface area contributed by atoms with Crippen LogP contribution in [0.2, 0.25) is 0 Å². The minimum atomic E-state index is 0.0881.